The van der Waals surface area contributed by atoms with Gasteiger partial charge in [-0.2, -0.15) is 0 Å². The number of amides is 1. The van der Waals surface area contributed by atoms with Crippen molar-refractivity contribution in [2.24, 2.45) is 0 Å². The SMILES string of the molecule is Nc1ccc(SCC(=O)NCc2ccccc2Cl)c(Cl)c1. The van der Waals surface area contributed by atoms with Crippen molar-refractivity contribution in [3.05, 3.63) is 58.1 Å². The Hall–Kier alpha value is -1.36. The molecule has 0 aliphatic heterocycles. The van der Waals surface area contributed by atoms with E-state index in [2.05, 4.69) is 5.32 Å². The van der Waals surface area contributed by atoms with Crippen LogP contribution >= 0.6 is 35.0 Å². The molecule has 6 heteroatoms. The van der Waals surface area contributed by atoms with Gasteiger partial charge in [-0.25, -0.2) is 0 Å². The first-order valence-corrected chi connectivity index (χ1v) is 7.98. The lowest BCUT2D eigenvalue weighted by molar-refractivity contribution is -0.118. The lowest BCUT2D eigenvalue weighted by Gasteiger charge is -2.08. The smallest absolute Gasteiger partial charge is 0.230 e. The van der Waals surface area contributed by atoms with Crippen molar-refractivity contribution in [1.82, 2.24) is 5.32 Å². The number of hydrogen-bond donors (Lipinski definition) is 2. The second-order valence-corrected chi connectivity index (χ2v) is 6.18. The summed E-state index contributed by atoms with van der Waals surface area (Å²) in [4.78, 5) is 12.7. The van der Waals surface area contributed by atoms with Crippen molar-refractivity contribution in [3.8, 4) is 0 Å². The molecule has 0 aromatic heterocycles. The molecule has 0 aliphatic carbocycles. The van der Waals surface area contributed by atoms with Crippen LogP contribution in [0.15, 0.2) is 47.4 Å². The Kier molecular flexibility index (Phi) is 5.79. The second kappa shape index (κ2) is 7.59. The minimum Gasteiger partial charge on any atom is -0.399 e. The number of carbonyl (C=O) groups is 1. The number of nitrogen functional groups attached to an aromatic ring is 1. The first kappa shape index (κ1) is 16.0. The lowest BCUT2D eigenvalue weighted by Crippen LogP contribution is -2.24. The summed E-state index contributed by atoms with van der Waals surface area (Å²) in [5, 5.41) is 4.03. The number of anilines is 1. The van der Waals surface area contributed by atoms with Crippen molar-refractivity contribution in [2.45, 2.75) is 11.4 Å². The molecule has 0 heterocycles. The number of nitrogens with two attached hydrogens (primary N) is 1. The summed E-state index contributed by atoms with van der Waals surface area (Å²) in [7, 11) is 0. The Balaban J connectivity index is 1.84. The van der Waals surface area contributed by atoms with Gasteiger partial charge in [0.1, 0.15) is 0 Å². The van der Waals surface area contributed by atoms with Crippen LogP contribution in [0.25, 0.3) is 0 Å². The highest BCUT2D eigenvalue weighted by molar-refractivity contribution is 8.00. The number of benzene rings is 2. The fourth-order valence-corrected chi connectivity index (χ4v) is 2.97. The fraction of sp³-hybridized carbons (Fsp3) is 0.133. The Morgan fingerprint density at radius 2 is 1.90 bits per heavy atom. The largest absolute Gasteiger partial charge is 0.399 e. The minimum atomic E-state index is -0.0761. The summed E-state index contributed by atoms with van der Waals surface area (Å²) in [6.07, 6.45) is 0. The zero-order valence-corrected chi connectivity index (χ0v) is 13.4. The van der Waals surface area contributed by atoms with Gasteiger partial charge in [0.05, 0.1) is 10.8 Å². The summed E-state index contributed by atoms with van der Waals surface area (Å²) in [6, 6.07) is 12.7. The monoisotopic (exact) mass is 340 g/mol. The van der Waals surface area contributed by atoms with E-state index in [9.17, 15) is 4.79 Å². The number of hydrogen-bond acceptors (Lipinski definition) is 3. The predicted octanol–water partition coefficient (Wildman–Crippen LogP) is 3.98. The molecule has 2 aromatic rings. The molecule has 0 fully saturated rings. The molecule has 0 aliphatic rings. The minimum absolute atomic E-state index is 0.0761. The van der Waals surface area contributed by atoms with Crippen molar-refractivity contribution >= 4 is 46.6 Å². The number of nitrogens with one attached hydrogen (secondary N) is 1. The van der Waals surface area contributed by atoms with Crippen molar-refractivity contribution in [1.29, 1.82) is 0 Å². The van der Waals surface area contributed by atoms with Crippen LogP contribution in [0.4, 0.5) is 5.69 Å². The van der Waals surface area contributed by atoms with Gasteiger partial charge in [-0.15, -0.1) is 11.8 Å². The Morgan fingerprint density at radius 3 is 2.62 bits per heavy atom. The van der Waals surface area contributed by atoms with Gasteiger partial charge in [0.25, 0.3) is 0 Å². The topological polar surface area (TPSA) is 55.1 Å². The molecule has 2 aromatic carbocycles. The van der Waals surface area contributed by atoms with Gasteiger partial charge in [0.2, 0.25) is 5.91 Å². The van der Waals surface area contributed by atoms with Gasteiger partial charge in [0.15, 0.2) is 0 Å². The van der Waals surface area contributed by atoms with Gasteiger partial charge in [0, 0.05) is 22.2 Å². The molecular weight excluding hydrogens is 327 g/mol. The van der Waals surface area contributed by atoms with Crippen LogP contribution in [0.3, 0.4) is 0 Å². The molecule has 0 unspecified atom stereocenters. The number of thioether (sulfide) groups is 1. The van der Waals surface area contributed by atoms with E-state index in [0.29, 0.717) is 22.3 Å². The quantitative estimate of drug-likeness (QED) is 0.639. The molecule has 1 amide bonds. The standard InChI is InChI=1S/C15H14Cl2N2OS/c16-12-4-2-1-3-10(12)8-19-15(20)9-21-14-6-5-11(18)7-13(14)17/h1-7H,8-9,18H2,(H,19,20). The molecule has 0 radical (unpaired) electrons. The van der Waals surface area contributed by atoms with Crippen LogP contribution in [0.5, 0.6) is 0 Å². The van der Waals surface area contributed by atoms with E-state index >= 15 is 0 Å². The van der Waals surface area contributed by atoms with E-state index in [4.69, 9.17) is 28.9 Å². The van der Waals surface area contributed by atoms with Crippen LogP contribution < -0.4 is 11.1 Å². The zero-order valence-electron chi connectivity index (χ0n) is 11.1. The summed E-state index contributed by atoms with van der Waals surface area (Å²) < 4.78 is 0. The molecule has 0 bridgehead atoms. The normalized spacial score (nSPS) is 10.4. The first-order chi connectivity index (χ1) is 10.1. The van der Waals surface area contributed by atoms with Crippen LogP contribution in [-0.4, -0.2) is 11.7 Å². The lowest BCUT2D eigenvalue weighted by atomic mass is 10.2. The summed E-state index contributed by atoms with van der Waals surface area (Å²) >= 11 is 13.5. The highest BCUT2D eigenvalue weighted by Gasteiger charge is 2.07. The third kappa shape index (κ3) is 4.84. The number of rotatable bonds is 5. The molecule has 3 nitrogen and oxygen atoms in total. The van der Waals surface area contributed by atoms with Crippen molar-refractivity contribution < 1.29 is 4.79 Å². The van der Waals surface area contributed by atoms with Crippen LogP contribution in [0.2, 0.25) is 10.0 Å². The van der Waals surface area contributed by atoms with Gasteiger partial charge < -0.3 is 11.1 Å². The third-order valence-electron chi connectivity index (χ3n) is 2.75. The Morgan fingerprint density at radius 1 is 1.14 bits per heavy atom. The highest BCUT2D eigenvalue weighted by atomic mass is 35.5. The molecule has 21 heavy (non-hydrogen) atoms. The van der Waals surface area contributed by atoms with Crippen LogP contribution in [-0.2, 0) is 11.3 Å². The maximum absolute atomic E-state index is 11.8. The van der Waals surface area contributed by atoms with Gasteiger partial charge in [-0.1, -0.05) is 41.4 Å². The number of carbonyl (C=O) groups excluding carboxylic acids is 1. The van der Waals surface area contributed by atoms with Crippen LogP contribution in [0, 0.1) is 0 Å². The van der Waals surface area contributed by atoms with Crippen molar-refractivity contribution in [2.75, 3.05) is 11.5 Å². The summed E-state index contributed by atoms with van der Waals surface area (Å²) in [6.45, 7) is 0.411. The van der Waals surface area contributed by atoms with E-state index in [-0.39, 0.29) is 11.7 Å². The average Bonchev–Trinajstić information content (AvgIpc) is 2.45. The van der Waals surface area contributed by atoms with E-state index in [1.54, 1.807) is 18.2 Å². The molecule has 0 atom stereocenters. The van der Waals surface area contributed by atoms with E-state index in [1.165, 1.54) is 11.8 Å². The predicted molar refractivity (Wildman–Crippen MR) is 89.9 cm³/mol. The molecule has 110 valence electrons. The fourth-order valence-electron chi connectivity index (χ4n) is 1.66. The summed E-state index contributed by atoms with van der Waals surface area (Å²) in [5.74, 6) is 0.210. The van der Waals surface area contributed by atoms with Crippen LogP contribution in [0.1, 0.15) is 5.56 Å². The molecule has 0 spiro atoms. The molecule has 0 saturated heterocycles. The zero-order chi connectivity index (χ0) is 15.2. The maximum Gasteiger partial charge on any atom is 0.230 e. The first-order valence-electron chi connectivity index (χ1n) is 6.24. The average molecular weight is 341 g/mol. The van der Waals surface area contributed by atoms with Gasteiger partial charge in [-0.3, -0.25) is 4.79 Å². The molecular formula is C15H14Cl2N2OS. The van der Waals surface area contributed by atoms with E-state index < -0.39 is 0 Å². The van der Waals surface area contributed by atoms with Gasteiger partial charge in [-0.05, 0) is 29.8 Å². The Labute approximate surface area is 137 Å². The molecule has 3 N–H and O–H groups in total. The molecule has 2 rings (SSSR count). The van der Waals surface area contributed by atoms with E-state index in [1.807, 2.05) is 24.3 Å². The highest BCUT2D eigenvalue weighted by Crippen LogP contribution is 2.28. The number of halogens is 2. The second-order valence-electron chi connectivity index (χ2n) is 4.35. The van der Waals surface area contributed by atoms with E-state index in [0.717, 1.165) is 10.5 Å². The van der Waals surface area contributed by atoms with Gasteiger partial charge >= 0.3 is 0 Å². The summed E-state index contributed by atoms with van der Waals surface area (Å²) in [5.41, 5.74) is 7.12. The van der Waals surface area contributed by atoms with Crippen molar-refractivity contribution in [3.63, 3.8) is 0 Å². The molecule has 0 saturated carbocycles. The Bertz CT molecular complexity index is 649. The third-order valence-corrected chi connectivity index (χ3v) is 4.62. The maximum atomic E-state index is 11.8.